The van der Waals surface area contributed by atoms with Gasteiger partial charge in [-0.15, -0.1) is 0 Å². The van der Waals surface area contributed by atoms with Crippen molar-refractivity contribution >= 4 is 5.84 Å². The molecule has 0 bridgehead atoms. The van der Waals surface area contributed by atoms with Gasteiger partial charge in [0.05, 0.1) is 6.54 Å². The Balaban J connectivity index is 2.01. The summed E-state index contributed by atoms with van der Waals surface area (Å²) in [6, 6.07) is 8.76. The minimum atomic E-state index is 0.0134. The van der Waals surface area contributed by atoms with Crippen LogP contribution < -0.4 is 0 Å². The van der Waals surface area contributed by atoms with Gasteiger partial charge in [0.25, 0.3) is 0 Å². The second-order valence-corrected chi connectivity index (χ2v) is 6.69. The van der Waals surface area contributed by atoms with Crippen molar-refractivity contribution in [3.63, 3.8) is 0 Å². The van der Waals surface area contributed by atoms with Crippen molar-refractivity contribution in [3.05, 3.63) is 35.4 Å². The molecule has 21 heavy (non-hydrogen) atoms. The molecule has 2 rings (SSSR count). The first-order chi connectivity index (χ1) is 9.94. The van der Waals surface area contributed by atoms with Gasteiger partial charge in [0.15, 0.2) is 5.84 Å². The quantitative estimate of drug-likeness (QED) is 0.906. The normalized spacial score (nSPS) is 15.6. The van der Waals surface area contributed by atoms with Crippen molar-refractivity contribution in [2.45, 2.75) is 46.1 Å². The number of aliphatic hydroxyl groups excluding tert-OH is 1. The maximum Gasteiger partial charge on any atom is 0.152 e. The summed E-state index contributed by atoms with van der Waals surface area (Å²) in [5, 5.41) is 15.9. The number of aliphatic hydroxyl groups is 1. The zero-order valence-corrected chi connectivity index (χ0v) is 13.6. The Morgan fingerprint density at radius 2 is 1.86 bits per heavy atom. The molecule has 1 aliphatic rings. The molecule has 0 radical (unpaired) electrons. The molecule has 4 nitrogen and oxygen atoms in total. The van der Waals surface area contributed by atoms with Crippen molar-refractivity contribution in [1.82, 2.24) is 9.91 Å². The highest BCUT2D eigenvalue weighted by molar-refractivity contribution is 5.84. The standard InChI is InChI=1S/C17H27N3O/c1-5-10-19-13-20(18-16(19)12-21)11-14-6-8-15(9-7-14)17(2,3)4/h6-9,21H,5,10-13H2,1-4H3. The van der Waals surface area contributed by atoms with E-state index in [1.165, 1.54) is 11.1 Å². The van der Waals surface area contributed by atoms with E-state index in [-0.39, 0.29) is 12.0 Å². The van der Waals surface area contributed by atoms with Gasteiger partial charge in [-0.25, -0.2) is 0 Å². The van der Waals surface area contributed by atoms with Crippen LogP contribution in [-0.2, 0) is 12.0 Å². The number of hydrogen-bond acceptors (Lipinski definition) is 4. The lowest BCUT2D eigenvalue weighted by Gasteiger charge is -2.21. The van der Waals surface area contributed by atoms with Crippen molar-refractivity contribution in [2.75, 3.05) is 19.8 Å². The smallest absolute Gasteiger partial charge is 0.152 e. The first-order valence-electron chi connectivity index (χ1n) is 7.71. The third-order valence-corrected chi connectivity index (χ3v) is 3.78. The molecule has 0 atom stereocenters. The Morgan fingerprint density at radius 1 is 1.19 bits per heavy atom. The van der Waals surface area contributed by atoms with Gasteiger partial charge in [0.2, 0.25) is 0 Å². The number of hydrazone groups is 1. The van der Waals surface area contributed by atoms with E-state index in [1.807, 2.05) is 5.01 Å². The van der Waals surface area contributed by atoms with Gasteiger partial charge in [-0.3, -0.25) is 5.01 Å². The largest absolute Gasteiger partial charge is 0.388 e. The fourth-order valence-electron chi connectivity index (χ4n) is 2.54. The van der Waals surface area contributed by atoms with E-state index >= 15 is 0 Å². The average molecular weight is 289 g/mol. The van der Waals surface area contributed by atoms with Crippen LogP contribution in [0.3, 0.4) is 0 Å². The lowest BCUT2D eigenvalue weighted by atomic mass is 9.87. The van der Waals surface area contributed by atoms with Gasteiger partial charge in [-0.1, -0.05) is 52.0 Å². The molecule has 1 N–H and O–H groups in total. The summed E-state index contributed by atoms with van der Waals surface area (Å²) in [5.74, 6) is 0.781. The Kier molecular flexibility index (Phi) is 4.88. The third kappa shape index (κ3) is 3.97. The first kappa shape index (κ1) is 15.8. The molecule has 1 heterocycles. The van der Waals surface area contributed by atoms with Crippen LogP contribution in [0.2, 0.25) is 0 Å². The summed E-state index contributed by atoms with van der Waals surface area (Å²) >= 11 is 0. The fraction of sp³-hybridized carbons (Fsp3) is 0.588. The number of rotatable bonds is 5. The minimum Gasteiger partial charge on any atom is -0.388 e. The predicted molar refractivity (Wildman–Crippen MR) is 87.1 cm³/mol. The monoisotopic (exact) mass is 289 g/mol. The Morgan fingerprint density at radius 3 is 2.38 bits per heavy atom. The number of nitrogens with zero attached hydrogens (tertiary/aromatic N) is 3. The van der Waals surface area contributed by atoms with Gasteiger partial charge in [-0.05, 0) is 23.0 Å². The Bertz CT molecular complexity index is 488. The number of amidine groups is 1. The van der Waals surface area contributed by atoms with Gasteiger partial charge < -0.3 is 10.0 Å². The number of benzene rings is 1. The zero-order valence-electron chi connectivity index (χ0n) is 13.6. The molecule has 0 fully saturated rings. The van der Waals surface area contributed by atoms with E-state index < -0.39 is 0 Å². The fourth-order valence-corrected chi connectivity index (χ4v) is 2.54. The Labute approximate surface area is 128 Å². The molecule has 1 aromatic rings. The molecule has 0 unspecified atom stereocenters. The third-order valence-electron chi connectivity index (χ3n) is 3.78. The van der Waals surface area contributed by atoms with Crippen molar-refractivity contribution in [1.29, 1.82) is 0 Å². The second kappa shape index (κ2) is 6.48. The van der Waals surface area contributed by atoms with E-state index in [2.05, 4.69) is 62.0 Å². The van der Waals surface area contributed by atoms with Crippen LogP contribution >= 0.6 is 0 Å². The second-order valence-electron chi connectivity index (χ2n) is 6.69. The topological polar surface area (TPSA) is 39.1 Å². The van der Waals surface area contributed by atoms with Crippen LogP contribution in [0.1, 0.15) is 45.2 Å². The average Bonchev–Trinajstić information content (AvgIpc) is 2.81. The lowest BCUT2D eigenvalue weighted by molar-refractivity contribution is 0.224. The first-order valence-corrected chi connectivity index (χ1v) is 7.71. The summed E-state index contributed by atoms with van der Waals surface area (Å²) in [4.78, 5) is 2.14. The van der Waals surface area contributed by atoms with Gasteiger partial charge >= 0.3 is 0 Å². The molecule has 0 spiro atoms. The zero-order chi connectivity index (χ0) is 15.5. The molecule has 0 aliphatic carbocycles. The molecular formula is C17H27N3O. The van der Waals surface area contributed by atoms with Gasteiger partial charge in [0.1, 0.15) is 13.3 Å². The van der Waals surface area contributed by atoms with E-state index in [1.54, 1.807) is 0 Å². The SMILES string of the molecule is CCCN1CN(Cc2ccc(C(C)(C)C)cc2)N=C1CO. The molecule has 0 saturated carbocycles. The van der Waals surface area contributed by atoms with Crippen LogP contribution in [0.15, 0.2) is 29.4 Å². The van der Waals surface area contributed by atoms with E-state index in [0.717, 1.165) is 32.0 Å². The molecule has 1 aromatic carbocycles. The molecular weight excluding hydrogens is 262 g/mol. The lowest BCUT2D eigenvalue weighted by Crippen LogP contribution is -2.33. The molecule has 0 saturated heterocycles. The van der Waals surface area contributed by atoms with Crippen molar-refractivity contribution in [2.24, 2.45) is 5.10 Å². The highest BCUT2D eigenvalue weighted by Crippen LogP contribution is 2.23. The van der Waals surface area contributed by atoms with E-state index in [4.69, 9.17) is 0 Å². The highest BCUT2D eigenvalue weighted by atomic mass is 16.3. The van der Waals surface area contributed by atoms with Gasteiger partial charge in [-0.2, -0.15) is 5.10 Å². The maximum absolute atomic E-state index is 9.37. The van der Waals surface area contributed by atoms with Crippen LogP contribution in [0, 0.1) is 0 Å². The predicted octanol–water partition coefficient (Wildman–Crippen LogP) is 2.78. The van der Waals surface area contributed by atoms with Crippen LogP contribution in [0.5, 0.6) is 0 Å². The maximum atomic E-state index is 9.37. The summed E-state index contributed by atoms with van der Waals surface area (Å²) in [7, 11) is 0. The summed E-state index contributed by atoms with van der Waals surface area (Å²) < 4.78 is 0. The van der Waals surface area contributed by atoms with Crippen molar-refractivity contribution < 1.29 is 5.11 Å². The summed E-state index contributed by atoms with van der Waals surface area (Å²) in [6.07, 6.45) is 1.06. The van der Waals surface area contributed by atoms with Crippen LogP contribution in [-0.4, -0.2) is 40.7 Å². The van der Waals surface area contributed by atoms with Crippen molar-refractivity contribution in [3.8, 4) is 0 Å². The molecule has 0 amide bonds. The number of hydrogen-bond donors (Lipinski definition) is 1. The van der Waals surface area contributed by atoms with E-state index in [0.29, 0.717) is 0 Å². The van der Waals surface area contributed by atoms with Gasteiger partial charge in [0, 0.05) is 6.54 Å². The summed E-state index contributed by atoms with van der Waals surface area (Å²) in [6.45, 7) is 11.3. The van der Waals surface area contributed by atoms with Crippen LogP contribution in [0.25, 0.3) is 0 Å². The summed E-state index contributed by atoms with van der Waals surface area (Å²) in [5.41, 5.74) is 2.79. The van der Waals surface area contributed by atoms with Crippen LogP contribution in [0.4, 0.5) is 0 Å². The Hall–Kier alpha value is -1.55. The minimum absolute atomic E-state index is 0.0134. The highest BCUT2D eigenvalue weighted by Gasteiger charge is 2.21. The molecule has 0 aromatic heterocycles. The molecule has 116 valence electrons. The molecule has 4 heteroatoms. The van der Waals surface area contributed by atoms with E-state index in [9.17, 15) is 5.11 Å². The molecule has 1 aliphatic heterocycles.